The third-order valence-corrected chi connectivity index (χ3v) is 3.88. The predicted molar refractivity (Wildman–Crippen MR) is 85.1 cm³/mol. The summed E-state index contributed by atoms with van der Waals surface area (Å²) in [6.45, 7) is 6.87. The second-order valence-electron chi connectivity index (χ2n) is 6.11. The first-order valence-electron chi connectivity index (χ1n) is 7.82. The van der Waals surface area contributed by atoms with Crippen LogP contribution in [0.3, 0.4) is 0 Å². The lowest BCUT2D eigenvalue weighted by molar-refractivity contribution is 0.144. The summed E-state index contributed by atoms with van der Waals surface area (Å²) in [5.41, 5.74) is 0.393. The lowest BCUT2D eigenvalue weighted by Gasteiger charge is -2.34. The van der Waals surface area contributed by atoms with E-state index in [2.05, 4.69) is 27.5 Å². The van der Waals surface area contributed by atoms with Crippen molar-refractivity contribution in [3.63, 3.8) is 0 Å². The Balaban J connectivity index is 1.71. The van der Waals surface area contributed by atoms with E-state index in [-0.39, 0.29) is 18.6 Å². The molecule has 1 atom stereocenters. The van der Waals surface area contributed by atoms with Crippen LogP contribution in [0.1, 0.15) is 12.5 Å². The minimum Gasteiger partial charge on any atom is -0.334 e. The number of carbonyl (C=O) groups excluding carboxylic acids is 1. The van der Waals surface area contributed by atoms with Crippen molar-refractivity contribution in [2.45, 2.75) is 19.5 Å². The fraction of sp³-hybridized carbons (Fsp3) is 0.562. The third-order valence-electron chi connectivity index (χ3n) is 3.88. The molecule has 2 N–H and O–H groups in total. The van der Waals surface area contributed by atoms with E-state index in [9.17, 15) is 13.6 Å². The molecule has 128 valence electrons. The van der Waals surface area contributed by atoms with Crippen LogP contribution in [0.25, 0.3) is 0 Å². The molecule has 1 aromatic rings. The Kier molecular flexibility index (Phi) is 6.29. The van der Waals surface area contributed by atoms with Gasteiger partial charge in [-0.15, -0.1) is 0 Å². The number of rotatable bonds is 5. The molecular weight excluding hydrogens is 302 g/mol. The minimum absolute atomic E-state index is 0.00246. The van der Waals surface area contributed by atoms with Gasteiger partial charge in [-0.1, -0.05) is 0 Å². The summed E-state index contributed by atoms with van der Waals surface area (Å²) < 4.78 is 26.1. The van der Waals surface area contributed by atoms with E-state index in [1.165, 1.54) is 12.1 Å². The Morgan fingerprint density at radius 1 is 1.17 bits per heavy atom. The fourth-order valence-electron chi connectivity index (χ4n) is 2.63. The molecule has 0 unspecified atom stereocenters. The molecule has 1 saturated heterocycles. The molecule has 7 heteroatoms. The second kappa shape index (κ2) is 8.21. The van der Waals surface area contributed by atoms with Crippen molar-refractivity contribution in [1.29, 1.82) is 0 Å². The van der Waals surface area contributed by atoms with Crippen molar-refractivity contribution in [3.05, 3.63) is 35.4 Å². The van der Waals surface area contributed by atoms with Gasteiger partial charge >= 0.3 is 6.03 Å². The SMILES string of the molecule is C[C@H](CN1CCN(C)CC1)NC(=O)NCc1cc(F)cc(F)c1. The zero-order chi connectivity index (χ0) is 16.8. The van der Waals surface area contributed by atoms with Crippen LogP contribution in [0.5, 0.6) is 0 Å². The van der Waals surface area contributed by atoms with Gasteiger partial charge in [-0.25, -0.2) is 13.6 Å². The van der Waals surface area contributed by atoms with E-state index in [1.807, 2.05) is 6.92 Å². The average Bonchev–Trinajstić information content (AvgIpc) is 2.46. The Morgan fingerprint density at radius 3 is 2.39 bits per heavy atom. The van der Waals surface area contributed by atoms with Crippen molar-refractivity contribution < 1.29 is 13.6 Å². The van der Waals surface area contributed by atoms with Gasteiger partial charge in [0, 0.05) is 51.4 Å². The highest BCUT2D eigenvalue weighted by atomic mass is 19.1. The van der Waals surface area contributed by atoms with Gasteiger partial charge in [-0.05, 0) is 31.7 Å². The van der Waals surface area contributed by atoms with Crippen LogP contribution in [-0.2, 0) is 6.54 Å². The standard InChI is InChI=1S/C16H24F2N4O/c1-12(11-22-5-3-21(2)4-6-22)20-16(23)19-10-13-7-14(17)9-15(18)8-13/h7-9,12H,3-6,10-11H2,1-2H3,(H2,19,20,23)/t12-/m1/s1. The molecule has 5 nitrogen and oxygen atoms in total. The van der Waals surface area contributed by atoms with Crippen LogP contribution in [0.2, 0.25) is 0 Å². The van der Waals surface area contributed by atoms with Gasteiger partial charge in [0.2, 0.25) is 0 Å². The van der Waals surface area contributed by atoms with Crippen molar-refractivity contribution >= 4 is 6.03 Å². The Hall–Kier alpha value is -1.73. The summed E-state index contributed by atoms with van der Waals surface area (Å²) >= 11 is 0. The lowest BCUT2D eigenvalue weighted by atomic mass is 10.2. The molecule has 1 aromatic carbocycles. The van der Waals surface area contributed by atoms with E-state index in [0.717, 1.165) is 38.8 Å². The number of hydrogen-bond donors (Lipinski definition) is 2. The summed E-state index contributed by atoms with van der Waals surface area (Å²) in [5, 5.41) is 5.46. The van der Waals surface area contributed by atoms with E-state index in [0.29, 0.717) is 5.56 Å². The van der Waals surface area contributed by atoms with Gasteiger partial charge < -0.3 is 15.5 Å². The summed E-state index contributed by atoms with van der Waals surface area (Å²) in [6.07, 6.45) is 0. The van der Waals surface area contributed by atoms with Crippen molar-refractivity contribution in [2.24, 2.45) is 0 Å². The molecule has 23 heavy (non-hydrogen) atoms. The number of nitrogens with one attached hydrogen (secondary N) is 2. The van der Waals surface area contributed by atoms with Gasteiger partial charge in [0.15, 0.2) is 0 Å². The molecular formula is C16H24F2N4O. The molecule has 1 aliphatic rings. The van der Waals surface area contributed by atoms with Crippen LogP contribution in [0, 0.1) is 11.6 Å². The van der Waals surface area contributed by atoms with E-state index in [4.69, 9.17) is 0 Å². The van der Waals surface area contributed by atoms with Crippen LogP contribution in [0.15, 0.2) is 18.2 Å². The second-order valence-corrected chi connectivity index (χ2v) is 6.11. The Morgan fingerprint density at radius 2 is 1.78 bits per heavy atom. The molecule has 0 aromatic heterocycles. The van der Waals surface area contributed by atoms with E-state index >= 15 is 0 Å². The number of amides is 2. The van der Waals surface area contributed by atoms with Crippen LogP contribution in [-0.4, -0.2) is 61.6 Å². The largest absolute Gasteiger partial charge is 0.334 e. The molecule has 0 spiro atoms. The van der Waals surface area contributed by atoms with Gasteiger partial charge in [0.25, 0.3) is 0 Å². The highest BCUT2D eigenvalue weighted by Gasteiger charge is 2.17. The fourth-order valence-corrected chi connectivity index (χ4v) is 2.63. The Labute approximate surface area is 135 Å². The normalized spacial score (nSPS) is 17.7. The smallest absolute Gasteiger partial charge is 0.315 e. The maximum Gasteiger partial charge on any atom is 0.315 e. The first-order chi connectivity index (χ1) is 10.9. The number of nitrogens with zero attached hydrogens (tertiary/aromatic N) is 2. The first-order valence-corrected chi connectivity index (χ1v) is 7.82. The minimum atomic E-state index is -0.648. The van der Waals surface area contributed by atoms with Gasteiger partial charge in [-0.3, -0.25) is 4.90 Å². The number of benzene rings is 1. The quantitative estimate of drug-likeness (QED) is 0.860. The van der Waals surface area contributed by atoms with E-state index < -0.39 is 11.6 Å². The van der Waals surface area contributed by atoms with Crippen molar-refractivity contribution in [2.75, 3.05) is 39.8 Å². The van der Waals surface area contributed by atoms with Gasteiger partial charge in [-0.2, -0.15) is 0 Å². The number of likely N-dealkylation sites (N-methyl/N-ethyl adjacent to an activating group) is 1. The average molecular weight is 326 g/mol. The topological polar surface area (TPSA) is 47.6 Å². The maximum atomic E-state index is 13.1. The number of urea groups is 1. The number of piperazine rings is 1. The molecule has 0 saturated carbocycles. The zero-order valence-electron chi connectivity index (χ0n) is 13.6. The van der Waals surface area contributed by atoms with Gasteiger partial charge in [0.05, 0.1) is 0 Å². The summed E-state index contributed by atoms with van der Waals surface area (Å²) in [7, 11) is 2.10. The third kappa shape index (κ3) is 6.11. The van der Waals surface area contributed by atoms with Crippen LogP contribution in [0.4, 0.5) is 13.6 Å². The lowest BCUT2D eigenvalue weighted by Crippen LogP contribution is -2.51. The molecule has 1 fully saturated rings. The van der Waals surface area contributed by atoms with Crippen molar-refractivity contribution in [3.8, 4) is 0 Å². The maximum absolute atomic E-state index is 13.1. The number of halogens is 2. The number of hydrogen-bond acceptors (Lipinski definition) is 3. The molecule has 0 aliphatic carbocycles. The van der Waals surface area contributed by atoms with E-state index in [1.54, 1.807) is 0 Å². The molecule has 1 heterocycles. The molecule has 1 aliphatic heterocycles. The molecule has 2 rings (SSSR count). The van der Waals surface area contributed by atoms with Crippen molar-refractivity contribution in [1.82, 2.24) is 20.4 Å². The summed E-state index contributed by atoms with van der Waals surface area (Å²) in [5.74, 6) is -1.30. The predicted octanol–water partition coefficient (Wildman–Crippen LogP) is 1.40. The van der Waals surface area contributed by atoms with Crippen LogP contribution < -0.4 is 10.6 Å². The molecule has 0 bridgehead atoms. The highest BCUT2D eigenvalue weighted by Crippen LogP contribution is 2.07. The zero-order valence-corrected chi connectivity index (χ0v) is 13.6. The highest BCUT2D eigenvalue weighted by molar-refractivity contribution is 5.74. The Bertz CT molecular complexity index is 513. The number of carbonyl (C=O) groups is 1. The van der Waals surface area contributed by atoms with Crippen LogP contribution >= 0.6 is 0 Å². The molecule has 2 amide bonds. The van der Waals surface area contributed by atoms with Gasteiger partial charge in [0.1, 0.15) is 11.6 Å². The first kappa shape index (κ1) is 17.6. The molecule has 0 radical (unpaired) electrons. The monoisotopic (exact) mass is 326 g/mol. The summed E-state index contributed by atoms with van der Waals surface area (Å²) in [6, 6.07) is 2.88. The summed E-state index contributed by atoms with van der Waals surface area (Å²) in [4.78, 5) is 16.4.